The molecule has 0 aromatic heterocycles. The predicted molar refractivity (Wildman–Crippen MR) is 77.0 cm³/mol. The predicted octanol–water partition coefficient (Wildman–Crippen LogP) is 2.70. The van der Waals surface area contributed by atoms with Crippen LogP contribution in [0.1, 0.15) is 43.0 Å². The van der Waals surface area contributed by atoms with Gasteiger partial charge in [0.1, 0.15) is 5.69 Å². The quantitative estimate of drug-likeness (QED) is 0.640. The Morgan fingerprint density at radius 3 is 2.70 bits per heavy atom. The molecule has 108 valence electrons. The van der Waals surface area contributed by atoms with Crippen molar-refractivity contribution in [3.8, 4) is 0 Å². The lowest BCUT2D eigenvalue weighted by Crippen LogP contribution is -2.23. The fourth-order valence-electron chi connectivity index (χ4n) is 2.50. The maximum Gasteiger partial charge on any atom is 0.292 e. The number of nitro groups is 1. The summed E-state index contributed by atoms with van der Waals surface area (Å²) in [6.07, 6.45) is 4.31. The molecule has 0 aliphatic heterocycles. The maximum absolute atomic E-state index is 11.8. The lowest BCUT2D eigenvalue weighted by Gasteiger charge is -2.14. The molecule has 0 heterocycles. The zero-order valence-electron chi connectivity index (χ0n) is 11.5. The normalized spacial score (nSPS) is 15.1. The molecule has 1 aromatic rings. The number of rotatable bonds is 5. The van der Waals surface area contributed by atoms with E-state index in [0.29, 0.717) is 17.8 Å². The van der Waals surface area contributed by atoms with E-state index in [-0.39, 0.29) is 17.6 Å². The van der Waals surface area contributed by atoms with Gasteiger partial charge in [-0.2, -0.15) is 0 Å². The molecule has 2 N–H and O–H groups in total. The first kappa shape index (κ1) is 14.3. The van der Waals surface area contributed by atoms with Crippen molar-refractivity contribution >= 4 is 17.3 Å². The van der Waals surface area contributed by atoms with E-state index in [1.54, 1.807) is 6.07 Å². The number of carbonyl (C=O) groups excluding carboxylic acids is 1. The second-order valence-electron chi connectivity index (χ2n) is 4.97. The summed E-state index contributed by atoms with van der Waals surface area (Å²) in [6.45, 7) is 2.36. The Labute approximate surface area is 117 Å². The van der Waals surface area contributed by atoms with Gasteiger partial charge in [0.2, 0.25) is 0 Å². The van der Waals surface area contributed by atoms with Gasteiger partial charge in [-0.3, -0.25) is 14.9 Å². The van der Waals surface area contributed by atoms with Crippen LogP contribution >= 0.6 is 0 Å². The number of nitro benzene ring substituents is 1. The van der Waals surface area contributed by atoms with Crippen molar-refractivity contribution in [2.45, 2.75) is 38.6 Å². The smallest absolute Gasteiger partial charge is 0.292 e. The minimum absolute atomic E-state index is 0.0185. The van der Waals surface area contributed by atoms with Crippen LogP contribution in [-0.4, -0.2) is 23.4 Å². The highest BCUT2D eigenvalue weighted by Gasteiger charge is 2.21. The van der Waals surface area contributed by atoms with Crippen LogP contribution in [0.5, 0.6) is 0 Å². The number of hydrogen-bond donors (Lipinski definition) is 2. The summed E-state index contributed by atoms with van der Waals surface area (Å²) in [5, 5.41) is 17.0. The summed E-state index contributed by atoms with van der Waals surface area (Å²) >= 11 is 0. The summed E-state index contributed by atoms with van der Waals surface area (Å²) in [6, 6.07) is 4.71. The lowest BCUT2D eigenvalue weighted by molar-refractivity contribution is -0.384. The highest BCUT2D eigenvalue weighted by molar-refractivity contribution is 5.95. The van der Waals surface area contributed by atoms with E-state index in [4.69, 9.17) is 0 Å². The minimum atomic E-state index is -0.418. The Hall–Kier alpha value is -2.11. The van der Waals surface area contributed by atoms with E-state index in [9.17, 15) is 14.9 Å². The number of nitrogens with one attached hydrogen (secondary N) is 2. The molecule has 1 aromatic carbocycles. The largest absolute Gasteiger partial charge is 0.377 e. The van der Waals surface area contributed by atoms with E-state index >= 15 is 0 Å². The molecule has 20 heavy (non-hydrogen) atoms. The van der Waals surface area contributed by atoms with Crippen LogP contribution < -0.4 is 10.6 Å². The Kier molecular flexibility index (Phi) is 4.55. The summed E-state index contributed by atoms with van der Waals surface area (Å²) < 4.78 is 0. The molecule has 0 radical (unpaired) electrons. The van der Waals surface area contributed by atoms with Crippen LogP contribution in [0.15, 0.2) is 18.2 Å². The van der Waals surface area contributed by atoms with E-state index in [0.717, 1.165) is 25.7 Å². The first-order chi connectivity index (χ1) is 9.61. The number of hydrogen-bond acceptors (Lipinski definition) is 4. The fourth-order valence-corrected chi connectivity index (χ4v) is 2.50. The number of carbonyl (C=O) groups is 1. The highest BCUT2D eigenvalue weighted by Crippen LogP contribution is 2.29. The average Bonchev–Trinajstić information content (AvgIpc) is 2.91. The molecular weight excluding hydrogens is 258 g/mol. The highest BCUT2D eigenvalue weighted by atomic mass is 16.6. The monoisotopic (exact) mass is 277 g/mol. The molecule has 1 fully saturated rings. The zero-order chi connectivity index (χ0) is 14.5. The Morgan fingerprint density at radius 1 is 1.40 bits per heavy atom. The summed E-state index contributed by atoms with van der Waals surface area (Å²) in [5.74, 6) is -0.211. The fraction of sp³-hybridized carbons (Fsp3) is 0.500. The lowest BCUT2D eigenvalue weighted by atomic mass is 10.1. The van der Waals surface area contributed by atoms with E-state index < -0.39 is 4.92 Å². The first-order valence-corrected chi connectivity index (χ1v) is 6.95. The Balaban J connectivity index is 2.26. The van der Waals surface area contributed by atoms with Crippen LogP contribution in [0.25, 0.3) is 0 Å². The van der Waals surface area contributed by atoms with Crippen LogP contribution in [0.3, 0.4) is 0 Å². The number of amides is 1. The molecule has 0 spiro atoms. The summed E-state index contributed by atoms with van der Waals surface area (Å²) in [5.41, 5.74) is 0.897. The van der Waals surface area contributed by atoms with Gasteiger partial charge in [-0.25, -0.2) is 0 Å². The molecular formula is C14H19N3O3. The van der Waals surface area contributed by atoms with Gasteiger partial charge in [0.25, 0.3) is 11.6 Å². The summed E-state index contributed by atoms with van der Waals surface area (Å²) in [4.78, 5) is 22.5. The van der Waals surface area contributed by atoms with Gasteiger partial charge in [-0.1, -0.05) is 12.8 Å². The number of nitrogens with zero attached hydrogens (tertiary/aromatic N) is 1. The minimum Gasteiger partial charge on any atom is -0.377 e. The third-order valence-electron chi connectivity index (χ3n) is 3.51. The molecule has 0 unspecified atom stereocenters. The van der Waals surface area contributed by atoms with Crippen molar-refractivity contribution in [1.82, 2.24) is 5.32 Å². The summed E-state index contributed by atoms with van der Waals surface area (Å²) in [7, 11) is 0. The van der Waals surface area contributed by atoms with Crippen molar-refractivity contribution in [3.05, 3.63) is 33.9 Å². The Bertz CT molecular complexity index is 510. The second-order valence-corrected chi connectivity index (χ2v) is 4.97. The van der Waals surface area contributed by atoms with Crippen LogP contribution in [-0.2, 0) is 0 Å². The van der Waals surface area contributed by atoms with Crippen molar-refractivity contribution < 1.29 is 9.72 Å². The number of anilines is 1. The van der Waals surface area contributed by atoms with Gasteiger partial charge >= 0.3 is 0 Å². The molecule has 6 nitrogen and oxygen atoms in total. The molecule has 0 atom stereocenters. The molecule has 6 heteroatoms. The molecule has 0 saturated heterocycles. The molecule has 2 rings (SSSR count). The molecule has 0 bridgehead atoms. The standard InChI is InChI=1S/C14H19N3O3/c1-2-15-14(18)10-7-8-13(17(19)20)12(9-10)16-11-5-3-4-6-11/h7-9,11,16H,2-6H2,1H3,(H,15,18). The van der Waals surface area contributed by atoms with Gasteiger partial charge < -0.3 is 10.6 Å². The SMILES string of the molecule is CCNC(=O)c1ccc([N+](=O)[O-])c(NC2CCCC2)c1. The first-order valence-electron chi connectivity index (χ1n) is 6.95. The van der Waals surface area contributed by atoms with Crippen molar-refractivity contribution in [2.24, 2.45) is 0 Å². The zero-order valence-corrected chi connectivity index (χ0v) is 11.5. The van der Waals surface area contributed by atoms with Gasteiger partial charge in [0.05, 0.1) is 4.92 Å². The van der Waals surface area contributed by atoms with Gasteiger partial charge in [-0.15, -0.1) is 0 Å². The molecule has 1 aliphatic carbocycles. The average molecular weight is 277 g/mol. The molecule has 1 amide bonds. The Morgan fingerprint density at radius 2 is 2.10 bits per heavy atom. The van der Waals surface area contributed by atoms with E-state index in [1.165, 1.54) is 12.1 Å². The van der Waals surface area contributed by atoms with E-state index in [1.807, 2.05) is 6.92 Å². The second kappa shape index (κ2) is 6.36. The third kappa shape index (κ3) is 3.26. The van der Waals surface area contributed by atoms with Crippen molar-refractivity contribution in [2.75, 3.05) is 11.9 Å². The van der Waals surface area contributed by atoms with Crippen LogP contribution in [0.4, 0.5) is 11.4 Å². The molecule has 1 aliphatic rings. The number of benzene rings is 1. The van der Waals surface area contributed by atoms with Gasteiger partial charge in [-0.05, 0) is 31.9 Å². The van der Waals surface area contributed by atoms with Gasteiger partial charge in [0, 0.05) is 24.2 Å². The third-order valence-corrected chi connectivity index (χ3v) is 3.51. The topological polar surface area (TPSA) is 84.3 Å². The van der Waals surface area contributed by atoms with Gasteiger partial charge in [0.15, 0.2) is 0 Å². The molecule has 1 saturated carbocycles. The van der Waals surface area contributed by atoms with Crippen LogP contribution in [0, 0.1) is 10.1 Å². The maximum atomic E-state index is 11.8. The van der Waals surface area contributed by atoms with Crippen molar-refractivity contribution in [1.29, 1.82) is 0 Å². The van der Waals surface area contributed by atoms with Crippen molar-refractivity contribution in [3.63, 3.8) is 0 Å². The van der Waals surface area contributed by atoms with E-state index in [2.05, 4.69) is 10.6 Å². The van der Waals surface area contributed by atoms with Crippen LogP contribution in [0.2, 0.25) is 0 Å².